The third-order valence-electron chi connectivity index (χ3n) is 3.76. The SMILES string of the molecule is CCn1ncnc1COc1ccc2c(c1)C(O)CCC2. The van der Waals surface area contributed by atoms with Crippen molar-refractivity contribution in [2.45, 2.75) is 45.4 Å². The number of aliphatic hydroxyl groups excluding tert-OH is 1. The average Bonchev–Trinajstić information content (AvgIpc) is 2.93. The average molecular weight is 273 g/mol. The fourth-order valence-electron chi connectivity index (χ4n) is 2.65. The van der Waals surface area contributed by atoms with E-state index in [1.165, 1.54) is 5.56 Å². The van der Waals surface area contributed by atoms with Crippen LogP contribution in [0.25, 0.3) is 0 Å². The molecular formula is C15H19N3O2. The lowest BCUT2D eigenvalue weighted by atomic mass is 9.89. The van der Waals surface area contributed by atoms with Crippen LogP contribution >= 0.6 is 0 Å². The number of aromatic nitrogens is 3. The fraction of sp³-hybridized carbons (Fsp3) is 0.467. The van der Waals surface area contributed by atoms with Crippen LogP contribution in [0.15, 0.2) is 24.5 Å². The summed E-state index contributed by atoms with van der Waals surface area (Å²) in [7, 11) is 0. The van der Waals surface area contributed by atoms with Gasteiger partial charge in [0.2, 0.25) is 0 Å². The zero-order chi connectivity index (χ0) is 13.9. The molecule has 0 spiro atoms. The number of nitrogens with zero attached hydrogens (tertiary/aromatic N) is 3. The summed E-state index contributed by atoms with van der Waals surface area (Å²) in [6.07, 6.45) is 4.10. The lowest BCUT2D eigenvalue weighted by Gasteiger charge is -2.21. The van der Waals surface area contributed by atoms with Gasteiger partial charge in [-0.1, -0.05) is 6.07 Å². The first-order chi connectivity index (χ1) is 9.78. The van der Waals surface area contributed by atoms with E-state index in [2.05, 4.69) is 16.1 Å². The Balaban J connectivity index is 1.73. The summed E-state index contributed by atoms with van der Waals surface area (Å²) >= 11 is 0. The van der Waals surface area contributed by atoms with E-state index in [1.54, 1.807) is 6.33 Å². The zero-order valence-corrected chi connectivity index (χ0v) is 11.6. The molecule has 0 saturated heterocycles. The van der Waals surface area contributed by atoms with Gasteiger partial charge in [0.05, 0.1) is 6.10 Å². The smallest absolute Gasteiger partial charge is 0.164 e. The monoisotopic (exact) mass is 273 g/mol. The molecule has 1 heterocycles. The van der Waals surface area contributed by atoms with Crippen LogP contribution in [-0.4, -0.2) is 19.9 Å². The standard InChI is InChI=1S/C15H19N3O2/c1-2-18-15(16-10-17-18)9-20-12-7-6-11-4-3-5-14(19)13(11)8-12/h6-8,10,14,19H,2-5,9H2,1H3. The summed E-state index contributed by atoms with van der Waals surface area (Å²) < 4.78 is 7.59. The molecule has 0 aliphatic heterocycles. The maximum absolute atomic E-state index is 10.0. The minimum atomic E-state index is -0.360. The second-order valence-corrected chi connectivity index (χ2v) is 5.05. The Morgan fingerprint density at radius 3 is 3.20 bits per heavy atom. The van der Waals surface area contributed by atoms with Gasteiger partial charge >= 0.3 is 0 Å². The van der Waals surface area contributed by atoms with Crippen LogP contribution in [0.3, 0.4) is 0 Å². The molecule has 0 bridgehead atoms. The van der Waals surface area contributed by atoms with E-state index in [4.69, 9.17) is 4.74 Å². The Morgan fingerprint density at radius 2 is 2.35 bits per heavy atom. The Labute approximate surface area is 118 Å². The number of aryl methyl sites for hydroxylation is 2. The summed E-state index contributed by atoms with van der Waals surface area (Å²) in [5, 5.41) is 14.2. The van der Waals surface area contributed by atoms with E-state index >= 15 is 0 Å². The molecule has 1 aromatic heterocycles. The molecule has 1 unspecified atom stereocenters. The van der Waals surface area contributed by atoms with E-state index in [1.807, 2.05) is 23.7 Å². The highest BCUT2D eigenvalue weighted by atomic mass is 16.5. The maximum atomic E-state index is 10.0. The van der Waals surface area contributed by atoms with Crippen molar-refractivity contribution in [2.24, 2.45) is 0 Å². The van der Waals surface area contributed by atoms with Crippen molar-refractivity contribution in [1.82, 2.24) is 14.8 Å². The normalized spacial score (nSPS) is 17.8. The van der Waals surface area contributed by atoms with Crippen LogP contribution in [0.2, 0.25) is 0 Å². The molecule has 0 saturated carbocycles. The van der Waals surface area contributed by atoms with Gasteiger partial charge in [-0.15, -0.1) is 0 Å². The molecule has 0 fully saturated rings. The highest BCUT2D eigenvalue weighted by molar-refractivity contribution is 5.38. The number of rotatable bonds is 4. The number of ether oxygens (including phenoxy) is 1. The predicted octanol–water partition coefficient (Wildman–Crippen LogP) is 2.25. The maximum Gasteiger partial charge on any atom is 0.164 e. The molecule has 20 heavy (non-hydrogen) atoms. The first-order valence-corrected chi connectivity index (χ1v) is 7.08. The fourth-order valence-corrected chi connectivity index (χ4v) is 2.65. The number of aliphatic hydroxyl groups is 1. The summed E-state index contributed by atoms with van der Waals surface area (Å²) in [6, 6.07) is 5.97. The van der Waals surface area contributed by atoms with Gasteiger partial charge in [-0.2, -0.15) is 5.10 Å². The van der Waals surface area contributed by atoms with Crippen LogP contribution < -0.4 is 4.74 Å². The van der Waals surface area contributed by atoms with Crippen molar-refractivity contribution in [3.63, 3.8) is 0 Å². The van der Waals surface area contributed by atoms with Crippen molar-refractivity contribution >= 4 is 0 Å². The third kappa shape index (κ3) is 2.54. The summed E-state index contributed by atoms with van der Waals surface area (Å²) in [4.78, 5) is 4.18. The van der Waals surface area contributed by atoms with Gasteiger partial charge in [-0.3, -0.25) is 0 Å². The van der Waals surface area contributed by atoms with Crippen molar-refractivity contribution in [2.75, 3.05) is 0 Å². The van der Waals surface area contributed by atoms with Gasteiger partial charge in [-0.05, 0) is 49.4 Å². The van der Waals surface area contributed by atoms with Gasteiger partial charge < -0.3 is 9.84 Å². The predicted molar refractivity (Wildman–Crippen MR) is 74.4 cm³/mol. The van der Waals surface area contributed by atoms with Crippen LogP contribution in [0.1, 0.15) is 42.8 Å². The van der Waals surface area contributed by atoms with Crippen molar-refractivity contribution < 1.29 is 9.84 Å². The number of hydrogen-bond donors (Lipinski definition) is 1. The van der Waals surface area contributed by atoms with Crippen molar-refractivity contribution in [3.8, 4) is 5.75 Å². The molecule has 1 aliphatic carbocycles. The number of hydrogen-bond acceptors (Lipinski definition) is 4. The molecule has 0 radical (unpaired) electrons. The van der Waals surface area contributed by atoms with Crippen molar-refractivity contribution in [1.29, 1.82) is 0 Å². The van der Waals surface area contributed by atoms with Crippen LogP contribution in [0, 0.1) is 0 Å². The molecule has 3 rings (SSSR count). The van der Waals surface area contributed by atoms with E-state index in [-0.39, 0.29) is 6.10 Å². The van der Waals surface area contributed by atoms with E-state index in [0.717, 1.165) is 42.9 Å². The first kappa shape index (κ1) is 13.1. The minimum absolute atomic E-state index is 0.360. The Bertz CT molecular complexity index is 595. The summed E-state index contributed by atoms with van der Waals surface area (Å²) in [5.74, 6) is 1.58. The van der Waals surface area contributed by atoms with Gasteiger partial charge in [0.15, 0.2) is 5.82 Å². The first-order valence-electron chi connectivity index (χ1n) is 7.08. The molecule has 1 aromatic carbocycles. The largest absolute Gasteiger partial charge is 0.486 e. The van der Waals surface area contributed by atoms with Crippen LogP contribution in [-0.2, 0) is 19.6 Å². The van der Waals surface area contributed by atoms with E-state index in [9.17, 15) is 5.11 Å². The van der Waals surface area contributed by atoms with Gasteiger partial charge in [0.1, 0.15) is 18.7 Å². The molecule has 1 atom stereocenters. The van der Waals surface area contributed by atoms with Gasteiger partial charge in [0.25, 0.3) is 0 Å². The lowest BCUT2D eigenvalue weighted by molar-refractivity contribution is 0.156. The molecule has 1 N–H and O–H groups in total. The molecule has 5 heteroatoms. The second kappa shape index (κ2) is 5.63. The molecule has 5 nitrogen and oxygen atoms in total. The minimum Gasteiger partial charge on any atom is -0.486 e. The summed E-state index contributed by atoms with van der Waals surface area (Å²) in [5.41, 5.74) is 2.23. The number of fused-ring (bicyclic) bond motifs is 1. The highest BCUT2D eigenvalue weighted by Crippen LogP contribution is 2.32. The zero-order valence-electron chi connectivity index (χ0n) is 11.6. The van der Waals surface area contributed by atoms with Gasteiger partial charge in [-0.25, -0.2) is 9.67 Å². The molecule has 0 amide bonds. The second-order valence-electron chi connectivity index (χ2n) is 5.05. The Kier molecular flexibility index (Phi) is 3.69. The molecule has 1 aliphatic rings. The summed E-state index contributed by atoms with van der Waals surface area (Å²) in [6.45, 7) is 3.19. The van der Waals surface area contributed by atoms with Gasteiger partial charge in [0, 0.05) is 6.54 Å². The van der Waals surface area contributed by atoms with Crippen LogP contribution in [0.4, 0.5) is 0 Å². The topological polar surface area (TPSA) is 60.2 Å². The lowest BCUT2D eigenvalue weighted by Crippen LogP contribution is -2.10. The van der Waals surface area contributed by atoms with E-state index in [0.29, 0.717) is 6.61 Å². The molecule has 2 aromatic rings. The molecular weight excluding hydrogens is 254 g/mol. The Morgan fingerprint density at radius 1 is 1.45 bits per heavy atom. The quantitative estimate of drug-likeness (QED) is 0.928. The Hall–Kier alpha value is -1.88. The van der Waals surface area contributed by atoms with E-state index < -0.39 is 0 Å². The molecule has 106 valence electrons. The van der Waals surface area contributed by atoms with Crippen LogP contribution in [0.5, 0.6) is 5.75 Å². The number of benzene rings is 1. The third-order valence-corrected chi connectivity index (χ3v) is 3.76. The highest BCUT2D eigenvalue weighted by Gasteiger charge is 2.18. The van der Waals surface area contributed by atoms with Crippen molar-refractivity contribution in [3.05, 3.63) is 41.5 Å².